The number of hydrogen-bond donors (Lipinski definition) is 1. The van der Waals surface area contributed by atoms with Crippen LogP contribution in [0.3, 0.4) is 0 Å². The number of hydrogen-bond acceptors (Lipinski definition) is 8. The average molecular weight is 620 g/mol. The summed E-state index contributed by atoms with van der Waals surface area (Å²) in [6.07, 6.45) is 3.92. The molecule has 0 bridgehead atoms. The molecule has 1 unspecified atom stereocenters. The third kappa shape index (κ3) is 6.15. The summed E-state index contributed by atoms with van der Waals surface area (Å²) < 4.78 is 6.41. The number of anilines is 1. The van der Waals surface area contributed by atoms with Crippen LogP contribution in [-0.2, 0) is 15.3 Å². The molecule has 6 rings (SSSR count). The number of allylic oxidation sites excluding steroid dienone is 1. The van der Waals surface area contributed by atoms with Gasteiger partial charge in [0.2, 0.25) is 5.13 Å². The summed E-state index contributed by atoms with van der Waals surface area (Å²) in [5, 5.41) is 22.4. The normalized spacial score (nSPS) is 15.1. The van der Waals surface area contributed by atoms with Crippen molar-refractivity contribution in [1.82, 2.24) is 10.2 Å². The molecule has 1 N–H and O–H groups in total. The van der Waals surface area contributed by atoms with Crippen LogP contribution in [0.5, 0.6) is 5.75 Å². The number of benzene rings is 4. The zero-order valence-corrected chi connectivity index (χ0v) is 25.6. The molecular weight excluding hydrogens is 591 g/mol. The van der Waals surface area contributed by atoms with Gasteiger partial charge in [-0.05, 0) is 52.1 Å². The molecule has 1 atom stereocenters. The highest BCUT2D eigenvalue weighted by Crippen LogP contribution is 2.43. The van der Waals surface area contributed by atoms with Gasteiger partial charge in [0.25, 0.3) is 5.91 Å². The molecule has 0 radical (unpaired) electrons. The van der Waals surface area contributed by atoms with Gasteiger partial charge in [-0.2, -0.15) is 0 Å². The topological polar surface area (TPSA) is 92.6 Å². The average Bonchev–Trinajstić information content (AvgIpc) is 3.64. The zero-order valence-electron chi connectivity index (χ0n) is 23.9. The van der Waals surface area contributed by atoms with E-state index < -0.39 is 23.5 Å². The lowest BCUT2D eigenvalue weighted by Gasteiger charge is -2.24. The van der Waals surface area contributed by atoms with Crippen LogP contribution in [0.2, 0.25) is 0 Å². The summed E-state index contributed by atoms with van der Waals surface area (Å²) >= 11 is 2.78. The van der Waals surface area contributed by atoms with Gasteiger partial charge in [0.05, 0.1) is 18.2 Å². The predicted octanol–water partition coefficient (Wildman–Crippen LogP) is 7.95. The summed E-state index contributed by atoms with van der Waals surface area (Å²) in [7, 11) is 0. The number of ketones is 1. The predicted molar refractivity (Wildman–Crippen MR) is 176 cm³/mol. The van der Waals surface area contributed by atoms with E-state index in [1.807, 2.05) is 55.5 Å². The van der Waals surface area contributed by atoms with Gasteiger partial charge in [-0.25, -0.2) is 0 Å². The summed E-state index contributed by atoms with van der Waals surface area (Å²) in [6, 6.07) is 30.1. The van der Waals surface area contributed by atoms with Crippen LogP contribution in [0.1, 0.15) is 36.1 Å². The van der Waals surface area contributed by atoms with Gasteiger partial charge in [-0.3, -0.25) is 14.5 Å². The largest absolute Gasteiger partial charge is 0.503 e. The first-order chi connectivity index (χ1) is 21.5. The first kappa shape index (κ1) is 29.3. The van der Waals surface area contributed by atoms with Crippen molar-refractivity contribution in [2.45, 2.75) is 29.5 Å². The molecule has 2 heterocycles. The second-order valence-corrected chi connectivity index (χ2v) is 12.3. The highest BCUT2D eigenvalue weighted by molar-refractivity contribution is 8.00. The van der Waals surface area contributed by atoms with Crippen molar-refractivity contribution in [3.05, 3.63) is 131 Å². The Hall–Kier alpha value is -4.73. The molecule has 9 heteroatoms. The molecule has 5 aromatic rings. The van der Waals surface area contributed by atoms with Crippen molar-refractivity contribution >= 4 is 56.8 Å². The number of fused-ring (bicyclic) bond motifs is 1. The van der Waals surface area contributed by atoms with Crippen LogP contribution >= 0.6 is 23.1 Å². The van der Waals surface area contributed by atoms with E-state index in [-0.39, 0.29) is 5.57 Å². The molecule has 0 saturated carbocycles. The Morgan fingerprint density at radius 2 is 1.73 bits per heavy atom. The van der Waals surface area contributed by atoms with E-state index in [4.69, 9.17) is 4.74 Å². The maximum absolute atomic E-state index is 13.6. The number of aliphatic hydroxyl groups excluding tert-OH is 1. The minimum absolute atomic E-state index is 0.00966. The fourth-order valence-electron chi connectivity index (χ4n) is 5.08. The Morgan fingerprint density at radius 3 is 2.52 bits per heavy atom. The van der Waals surface area contributed by atoms with Crippen molar-refractivity contribution < 1.29 is 19.4 Å². The smallest absolute Gasteiger partial charge is 0.296 e. The number of ether oxygens (including phenoxy) is 1. The van der Waals surface area contributed by atoms with Crippen LogP contribution in [0.25, 0.3) is 16.8 Å². The van der Waals surface area contributed by atoms with Gasteiger partial charge in [0, 0.05) is 5.75 Å². The maximum atomic E-state index is 13.6. The minimum atomic E-state index is -0.889. The molecule has 0 aliphatic carbocycles. The monoisotopic (exact) mass is 619 g/mol. The van der Waals surface area contributed by atoms with Crippen molar-refractivity contribution in [2.75, 3.05) is 11.5 Å². The van der Waals surface area contributed by atoms with Crippen LogP contribution in [0, 0.1) is 0 Å². The van der Waals surface area contributed by atoms with E-state index in [1.54, 1.807) is 30.3 Å². The lowest BCUT2D eigenvalue weighted by atomic mass is 9.95. The molecule has 1 aliphatic heterocycles. The van der Waals surface area contributed by atoms with Crippen molar-refractivity contribution in [2.24, 2.45) is 0 Å². The third-order valence-electron chi connectivity index (χ3n) is 7.20. The second-order valence-electron chi connectivity index (χ2n) is 10.1. The van der Waals surface area contributed by atoms with Gasteiger partial charge in [-0.1, -0.05) is 121 Å². The Balaban J connectivity index is 1.30. The van der Waals surface area contributed by atoms with Gasteiger partial charge in [0.1, 0.15) is 5.75 Å². The van der Waals surface area contributed by atoms with Crippen LogP contribution in [-0.4, -0.2) is 33.6 Å². The quantitative estimate of drug-likeness (QED) is 0.0911. The zero-order chi connectivity index (χ0) is 30.5. The van der Waals surface area contributed by atoms with E-state index in [0.29, 0.717) is 33.1 Å². The number of nitrogens with zero attached hydrogens (tertiary/aromatic N) is 3. The fourth-order valence-corrected chi connectivity index (χ4v) is 6.95. The Bertz CT molecular complexity index is 1860. The highest BCUT2D eigenvalue weighted by Gasteiger charge is 2.45. The third-order valence-corrected chi connectivity index (χ3v) is 9.31. The number of aromatic nitrogens is 2. The molecule has 1 aromatic heterocycles. The molecular formula is C35H29N3O4S2. The van der Waals surface area contributed by atoms with Gasteiger partial charge in [0.15, 0.2) is 15.9 Å². The number of carbonyl (C=O) groups excluding carboxylic acids is 2. The number of carbonyl (C=O) groups is 2. The molecule has 0 fully saturated rings. The van der Waals surface area contributed by atoms with Crippen molar-refractivity contribution in [3.63, 3.8) is 0 Å². The maximum Gasteiger partial charge on any atom is 0.296 e. The van der Waals surface area contributed by atoms with Gasteiger partial charge in [-0.15, -0.1) is 10.2 Å². The van der Waals surface area contributed by atoms with Crippen LogP contribution in [0.15, 0.2) is 119 Å². The van der Waals surface area contributed by atoms with E-state index in [2.05, 4.69) is 34.5 Å². The Kier molecular flexibility index (Phi) is 8.86. The lowest BCUT2D eigenvalue weighted by molar-refractivity contribution is -0.117. The first-order valence-electron chi connectivity index (χ1n) is 14.2. The standard InChI is InChI=1S/C35H29N3O4S2/c1-2-21-42-27-18-16-25(17-19-27)31-30(29(39)20-15-23-9-4-3-5-10-23)32(40)33(41)38(31)34-36-37-35(44-34)43-22-26-13-8-12-24-11-6-7-14-28(24)26/h3-20,31,40H,2,21-22H2,1H3. The van der Waals surface area contributed by atoms with E-state index in [9.17, 15) is 14.7 Å². The summed E-state index contributed by atoms with van der Waals surface area (Å²) in [4.78, 5) is 28.5. The van der Waals surface area contributed by atoms with Crippen molar-refractivity contribution in [1.29, 1.82) is 0 Å². The molecule has 1 amide bonds. The fraction of sp³-hybridized carbons (Fsp3) is 0.143. The first-order valence-corrected chi connectivity index (χ1v) is 16.0. The lowest BCUT2D eigenvalue weighted by Crippen LogP contribution is -2.30. The SMILES string of the molecule is CCCOc1ccc(C2C(C(=O)C=Cc3ccccc3)=C(O)C(=O)N2c2nnc(SCc3cccc4ccccc34)s2)cc1. The molecule has 44 heavy (non-hydrogen) atoms. The van der Waals surface area contributed by atoms with Gasteiger partial charge >= 0.3 is 0 Å². The minimum Gasteiger partial charge on any atom is -0.503 e. The van der Waals surface area contributed by atoms with E-state index in [1.165, 1.54) is 50.4 Å². The second kappa shape index (κ2) is 13.3. The van der Waals surface area contributed by atoms with E-state index in [0.717, 1.165) is 12.0 Å². The Morgan fingerprint density at radius 1 is 0.977 bits per heavy atom. The molecule has 220 valence electrons. The number of aliphatic hydroxyl groups is 1. The van der Waals surface area contributed by atoms with Gasteiger partial charge < -0.3 is 9.84 Å². The number of thioether (sulfide) groups is 1. The Labute approximate surface area is 263 Å². The number of amides is 1. The van der Waals surface area contributed by atoms with E-state index >= 15 is 0 Å². The summed E-state index contributed by atoms with van der Waals surface area (Å²) in [5.74, 6) is -0.402. The van der Waals surface area contributed by atoms with Crippen molar-refractivity contribution in [3.8, 4) is 5.75 Å². The van der Waals surface area contributed by atoms with Crippen LogP contribution < -0.4 is 9.64 Å². The van der Waals surface area contributed by atoms with Crippen LogP contribution in [0.4, 0.5) is 5.13 Å². The molecule has 4 aromatic carbocycles. The summed E-state index contributed by atoms with van der Waals surface area (Å²) in [6.45, 7) is 2.60. The highest BCUT2D eigenvalue weighted by atomic mass is 32.2. The molecule has 1 aliphatic rings. The summed E-state index contributed by atoms with van der Waals surface area (Å²) in [5.41, 5.74) is 2.63. The number of rotatable bonds is 11. The molecule has 0 saturated heterocycles. The molecule has 7 nitrogen and oxygen atoms in total. The molecule has 0 spiro atoms.